The molecule has 5 nitrogen and oxygen atoms in total. The summed E-state index contributed by atoms with van der Waals surface area (Å²) in [4.78, 5) is 15.3. The highest BCUT2D eigenvalue weighted by Crippen LogP contribution is 2.32. The van der Waals surface area contributed by atoms with E-state index in [-0.39, 0.29) is 5.00 Å². The third kappa shape index (κ3) is 4.29. The summed E-state index contributed by atoms with van der Waals surface area (Å²) in [7, 11) is 0. The van der Waals surface area contributed by atoms with Crippen molar-refractivity contribution in [3.05, 3.63) is 57.0 Å². The van der Waals surface area contributed by atoms with E-state index in [1.165, 1.54) is 18.2 Å². The zero-order valence-electron chi connectivity index (χ0n) is 13.2. The van der Waals surface area contributed by atoms with Gasteiger partial charge in [0.2, 0.25) is 0 Å². The predicted molar refractivity (Wildman–Crippen MR) is 89.9 cm³/mol. The third-order valence-corrected chi connectivity index (χ3v) is 5.14. The Bertz CT molecular complexity index is 755. The fourth-order valence-corrected chi connectivity index (χ4v) is 3.68. The summed E-state index contributed by atoms with van der Waals surface area (Å²) in [5, 5.41) is 10.8. The summed E-state index contributed by atoms with van der Waals surface area (Å²) in [5.41, 5.74) is -0.0699. The Labute approximate surface area is 146 Å². The largest absolute Gasteiger partial charge is 0.416 e. The zero-order valence-corrected chi connectivity index (χ0v) is 14.0. The number of hydrogen-bond donors (Lipinski definition) is 0. The second-order valence-electron chi connectivity index (χ2n) is 5.81. The van der Waals surface area contributed by atoms with Crippen LogP contribution >= 0.6 is 11.3 Å². The smallest absolute Gasteiger partial charge is 0.369 e. The van der Waals surface area contributed by atoms with Crippen molar-refractivity contribution in [2.45, 2.75) is 12.7 Å². The Morgan fingerprint density at radius 1 is 1.12 bits per heavy atom. The molecule has 0 bridgehead atoms. The highest BCUT2D eigenvalue weighted by Gasteiger charge is 2.31. The lowest BCUT2D eigenvalue weighted by Gasteiger charge is -2.36. The van der Waals surface area contributed by atoms with Gasteiger partial charge in [-0.2, -0.15) is 13.2 Å². The molecule has 0 atom stereocenters. The number of rotatable bonds is 4. The van der Waals surface area contributed by atoms with Crippen molar-refractivity contribution in [1.29, 1.82) is 0 Å². The van der Waals surface area contributed by atoms with Gasteiger partial charge < -0.3 is 4.90 Å². The van der Waals surface area contributed by atoms with Crippen LogP contribution in [0.4, 0.5) is 23.9 Å². The highest BCUT2D eigenvalue weighted by atomic mass is 32.1. The van der Waals surface area contributed by atoms with Crippen molar-refractivity contribution < 1.29 is 18.1 Å². The van der Waals surface area contributed by atoms with Crippen LogP contribution in [-0.2, 0) is 12.7 Å². The summed E-state index contributed by atoms with van der Waals surface area (Å²) in [6, 6.07) is 8.62. The molecule has 0 N–H and O–H groups in total. The number of piperazine rings is 1. The molecule has 25 heavy (non-hydrogen) atoms. The van der Waals surface area contributed by atoms with Gasteiger partial charge in [-0.3, -0.25) is 15.0 Å². The first-order chi connectivity index (χ1) is 11.8. The van der Waals surface area contributed by atoms with Gasteiger partial charge in [-0.15, -0.1) is 0 Å². The molecule has 134 valence electrons. The van der Waals surface area contributed by atoms with Crippen molar-refractivity contribution >= 4 is 22.0 Å². The fraction of sp³-hybridized carbons (Fsp3) is 0.375. The summed E-state index contributed by atoms with van der Waals surface area (Å²) in [6.45, 7) is 3.25. The standard InChI is InChI=1S/C16H16F3N3O2S/c17-16(18,19)12-2-1-3-13(10-12)21-8-6-20(7-9-21)11-14-4-5-15(25-14)22(23)24/h1-5,10H,6-9,11H2. The summed E-state index contributed by atoms with van der Waals surface area (Å²) >= 11 is 1.16. The van der Waals surface area contributed by atoms with Crippen molar-refractivity contribution in [3.8, 4) is 0 Å². The molecule has 0 aliphatic carbocycles. The van der Waals surface area contributed by atoms with Gasteiger partial charge in [-0.05, 0) is 24.3 Å². The van der Waals surface area contributed by atoms with Crippen LogP contribution < -0.4 is 4.90 Å². The number of alkyl halides is 3. The predicted octanol–water partition coefficient (Wildman–Crippen LogP) is 4.00. The first-order valence-corrected chi connectivity index (χ1v) is 8.52. The molecule has 0 spiro atoms. The number of thiophene rings is 1. The summed E-state index contributed by atoms with van der Waals surface area (Å²) in [5.74, 6) is 0. The molecule has 1 aliphatic rings. The SMILES string of the molecule is O=[N+]([O-])c1ccc(CN2CCN(c3cccc(C(F)(F)F)c3)CC2)s1. The Kier molecular flexibility index (Phi) is 4.96. The molecule has 0 saturated carbocycles. The van der Waals surface area contributed by atoms with Crippen LogP contribution in [0.3, 0.4) is 0 Å². The highest BCUT2D eigenvalue weighted by molar-refractivity contribution is 7.15. The Morgan fingerprint density at radius 3 is 2.44 bits per heavy atom. The molecule has 2 heterocycles. The molecule has 1 aromatic heterocycles. The van der Waals surface area contributed by atoms with Crippen LogP contribution in [0, 0.1) is 10.1 Å². The van der Waals surface area contributed by atoms with Crippen LogP contribution in [0.25, 0.3) is 0 Å². The maximum absolute atomic E-state index is 12.8. The minimum atomic E-state index is -4.34. The Hall–Kier alpha value is -2.13. The normalized spacial score (nSPS) is 16.2. The van der Waals surface area contributed by atoms with Crippen LogP contribution in [0.15, 0.2) is 36.4 Å². The van der Waals surface area contributed by atoms with E-state index in [1.54, 1.807) is 12.1 Å². The number of benzene rings is 1. The summed E-state index contributed by atoms with van der Waals surface area (Å²) < 4.78 is 38.5. The molecule has 2 aromatic rings. The van der Waals surface area contributed by atoms with Gasteiger partial charge in [0.1, 0.15) is 0 Å². The molecule has 1 aliphatic heterocycles. The van der Waals surface area contributed by atoms with E-state index in [4.69, 9.17) is 0 Å². The van der Waals surface area contributed by atoms with Crippen LogP contribution in [0.2, 0.25) is 0 Å². The van der Waals surface area contributed by atoms with Crippen molar-refractivity contribution in [1.82, 2.24) is 4.90 Å². The molecule has 1 saturated heterocycles. The van der Waals surface area contributed by atoms with E-state index in [1.807, 2.05) is 4.90 Å². The van der Waals surface area contributed by atoms with Crippen LogP contribution in [0.5, 0.6) is 0 Å². The van der Waals surface area contributed by atoms with Gasteiger partial charge in [0.15, 0.2) is 0 Å². The first kappa shape index (κ1) is 17.7. The molecule has 1 fully saturated rings. The lowest BCUT2D eigenvalue weighted by Crippen LogP contribution is -2.45. The lowest BCUT2D eigenvalue weighted by atomic mass is 10.1. The fourth-order valence-electron chi connectivity index (χ4n) is 2.81. The molecular formula is C16H16F3N3O2S. The topological polar surface area (TPSA) is 49.6 Å². The second kappa shape index (κ2) is 7.01. The van der Waals surface area contributed by atoms with Gasteiger partial charge in [-0.1, -0.05) is 17.4 Å². The molecule has 0 unspecified atom stereocenters. The average Bonchev–Trinajstić information content (AvgIpc) is 3.04. The van der Waals surface area contributed by atoms with E-state index < -0.39 is 16.7 Å². The maximum atomic E-state index is 12.8. The number of halogens is 3. The van der Waals surface area contributed by atoms with Gasteiger partial charge in [0.25, 0.3) is 0 Å². The van der Waals surface area contributed by atoms with Gasteiger partial charge in [0, 0.05) is 49.4 Å². The van der Waals surface area contributed by atoms with Crippen LogP contribution in [-0.4, -0.2) is 36.0 Å². The number of nitrogens with zero attached hydrogens (tertiary/aromatic N) is 3. The number of anilines is 1. The second-order valence-corrected chi connectivity index (χ2v) is 6.96. The maximum Gasteiger partial charge on any atom is 0.416 e. The lowest BCUT2D eigenvalue weighted by molar-refractivity contribution is -0.380. The zero-order chi connectivity index (χ0) is 18.0. The minimum Gasteiger partial charge on any atom is -0.369 e. The molecule has 3 rings (SSSR count). The van der Waals surface area contributed by atoms with Crippen molar-refractivity contribution in [2.75, 3.05) is 31.1 Å². The van der Waals surface area contributed by atoms with E-state index >= 15 is 0 Å². The molecular weight excluding hydrogens is 355 g/mol. The van der Waals surface area contributed by atoms with Gasteiger partial charge in [-0.25, -0.2) is 0 Å². The molecule has 1 aromatic carbocycles. The monoisotopic (exact) mass is 371 g/mol. The Morgan fingerprint density at radius 2 is 1.84 bits per heavy atom. The quantitative estimate of drug-likeness (QED) is 0.602. The van der Waals surface area contributed by atoms with E-state index in [2.05, 4.69) is 4.90 Å². The minimum absolute atomic E-state index is 0.123. The molecule has 0 radical (unpaired) electrons. The van der Waals surface area contributed by atoms with E-state index in [9.17, 15) is 23.3 Å². The van der Waals surface area contributed by atoms with Crippen molar-refractivity contribution in [2.24, 2.45) is 0 Å². The number of nitro groups is 1. The molecule has 9 heteroatoms. The first-order valence-electron chi connectivity index (χ1n) is 7.70. The summed E-state index contributed by atoms with van der Waals surface area (Å²) in [6.07, 6.45) is -4.34. The average molecular weight is 371 g/mol. The molecule has 0 amide bonds. The van der Waals surface area contributed by atoms with Gasteiger partial charge >= 0.3 is 11.2 Å². The van der Waals surface area contributed by atoms with E-state index in [0.29, 0.717) is 38.4 Å². The number of hydrogen-bond acceptors (Lipinski definition) is 5. The van der Waals surface area contributed by atoms with Crippen molar-refractivity contribution in [3.63, 3.8) is 0 Å². The third-order valence-electron chi connectivity index (χ3n) is 4.12. The van der Waals surface area contributed by atoms with E-state index in [0.717, 1.165) is 22.3 Å². The Balaban J connectivity index is 1.59. The van der Waals surface area contributed by atoms with Gasteiger partial charge in [0.05, 0.1) is 10.5 Å². The van der Waals surface area contributed by atoms with Crippen LogP contribution in [0.1, 0.15) is 10.4 Å².